The van der Waals surface area contributed by atoms with Gasteiger partial charge in [-0.05, 0) is 22.8 Å². The molecule has 6 heteroatoms. The standard InChI is InChI=1S/C22H18N4O2/c1-28-14-20-19(22(27)26-21(25-20)10-11-24-26)12-15-6-8-16(9-7-15)18-5-3-2-4-17(18)13-23/h2-11,27H,12,14H2,1H3. The molecule has 4 rings (SSSR count). The third-order valence-corrected chi connectivity index (χ3v) is 4.67. The second kappa shape index (κ2) is 7.51. The highest BCUT2D eigenvalue weighted by Gasteiger charge is 2.16. The average molecular weight is 370 g/mol. The van der Waals surface area contributed by atoms with Crippen LogP contribution in [0.1, 0.15) is 22.4 Å². The van der Waals surface area contributed by atoms with Gasteiger partial charge in [0.05, 0.1) is 30.1 Å². The van der Waals surface area contributed by atoms with Crippen LogP contribution in [-0.2, 0) is 17.8 Å². The van der Waals surface area contributed by atoms with Crippen molar-refractivity contribution >= 4 is 5.65 Å². The van der Waals surface area contributed by atoms with E-state index in [1.165, 1.54) is 4.52 Å². The number of aromatic nitrogens is 3. The van der Waals surface area contributed by atoms with E-state index in [1.54, 1.807) is 19.4 Å². The Labute approximate surface area is 162 Å². The Kier molecular flexibility index (Phi) is 4.75. The van der Waals surface area contributed by atoms with Gasteiger partial charge in [0.2, 0.25) is 5.88 Å². The Hall–Kier alpha value is -3.69. The first-order valence-corrected chi connectivity index (χ1v) is 8.83. The largest absolute Gasteiger partial charge is 0.493 e. The number of hydrogen-bond acceptors (Lipinski definition) is 5. The van der Waals surface area contributed by atoms with Crippen LogP contribution in [0.4, 0.5) is 0 Å². The quantitative estimate of drug-likeness (QED) is 0.579. The predicted octanol–water partition coefficient (Wildman–Crippen LogP) is 3.71. The molecule has 0 spiro atoms. The Morgan fingerprint density at radius 1 is 1.11 bits per heavy atom. The fourth-order valence-corrected chi connectivity index (χ4v) is 3.28. The van der Waals surface area contributed by atoms with Crippen LogP contribution in [0, 0.1) is 11.3 Å². The molecule has 0 radical (unpaired) electrons. The molecule has 0 saturated carbocycles. The van der Waals surface area contributed by atoms with Gasteiger partial charge >= 0.3 is 0 Å². The second-order valence-electron chi connectivity index (χ2n) is 6.43. The first kappa shape index (κ1) is 17.7. The van der Waals surface area contributed by atoms with E-state index < -0.39 is 0 Å². The summed E-state index contributed by atoms with van der Waals surface area (Å²) in [6.07, 6.45) is 2.09. The highest BCUT2D eigenvalue weighted by Crippen LogP contribution is 2.27. The second-order valence-corrected chi connectivity index (χ2v) is 6.43. The Morgan fingerprint density at radius 2 is 1.89 bits per heavy atom. The minimum atomic E-state index is 0.0703. The number of benzene rings is 2. The van der Waals surface area contributed by atoms with E-state index in [-0.39, 0.29) is 5.88 Å². The normalized spacial score (nSPS) is 10.9. The molecule has 0 amide bonds. The van der Waals surface area contributed by atoms with Crippen molar-refractivity contribution in [3.8, 4) is 23.1 Å². The van der Waals surface area contributed by atoms with Gasteiger partial charge in [-0.3, -0.25) is 0 Å². The number of nitrogens with zero attached hydrogens (tertiary/aromatic N) is 4. The van der Waals surface area contributed by atoms with Crippen LogP contribution >= 0.6 is 0 Å². The Bertz CT molecular complexity index is 1170. The zero-order valence-electron chi connectivity index (χ0n) is 15.3. The van der Waals surface area contributed by atoms with Crippen molar-refractivity contribution < 1.29 is 9.84 Å². The van der Waals surface area contributed by atoms with Crippen molar-refractivity contribution in [2.24, 2.45) is 0 Å². The fraction of sp³-hybridized carbons (Fsp3) is 0.136. The van der Waals surface area contributed by atoms with Crippen LogP contribution < -0.4 is 0 Å². The van der Waals surface area contributed by atoms with Gasteiger partial charge in [0.15, 0.2) is 5.65 Å². The maximum Gasteiger partial charge on any atom is 0.219 e. The van der Waals surface area contributed by atoms with Crippen LogP contribution in [0.25, 0.3) is 16.8 Å². The fourth-order valence-electron chi connectivity index (χ4n) is 3.28. The third-order valence-electron chi connectivity index (χ3n) is 4.67. The highest BCUT2D eigenvalue weighted by atomic mass is 16.5. The molecule has 138 valence electrons. The SMILES string of the molecule is COCc1nc2ccnn2c(O)c1Cc1ccc(-c2ccccc2C#N)cc1. The molecule has 2 heterocycles. The van der Waals surface area contributed by atoms with Crippen molar-refractivity contribution in [3.05, 3.63) is 83.2 Å². The predicted molar refractivity (Wildman–Crippen MR) is 105 cm³/mol. The number of aromatic hydroxyl groups is 1. The van der Waals surface area contributed by atoms with Gasteiger partial charge in [-0.15, -0.1) is 0 Å². The summed E-state index contributed by atoms with van der Waals surface area (Å²) < 4.78 is 6.68. The first-order valence-electron chi connectivity index (χ1n) is 8.83. The molecule has 2 aromatic carbocycles. The third kappa shape index (κ3) is 3.20. The molecule has 28 heavy (non-hydrogen) atoms. The van der Waals surface area contributed by atoms with Crippen LogP contribution in [0.15, 0.2) is 60.8 Å². The topological polar surface area (TPSA) is 83.4 Å². The highest BCUT2D eigenvalue weighted by molar-refractivity contribution is 5.70. The molecule has 0 unspecified atom stereocenters. The number of methoxy groups -OCH3 is 1. The summed E-state index contributed by atoms with van der Waals surface area (Å²) in [7, 11) is 1.60. The van der Waals surface area contributed by atoms with Crippen molar-refractivity contribution in [1.29, 1.82) is 5.26 Å². The molecule has 4 aromatic rings. The van der Waals surface area contributed by atoms with Gasteiger partial charge in [-0.1, -0.05) is 42.5 Å². The van der Waals surface area contributed by atoms with Crippen LogP contribution in [-0.4, -0.2) is 26.8 Å². The van der Waals surface area contributed by atoms with Crippen LogP contribution in [0.2, 0.25) is 0 Å². The molecule has 0 fully saturated rings. The van der Waals surface area contributed by atoms with E-state index in [4.69, 9.17) is 4.74 Å². The molecule has 6 nitrogen and oxygen atoms in total. The Morgan fingerprint density at radius 3 is 2.64 bits per heavy atom. The van der Waals surface area contributed by atoms with Gasteiger partial charge in [0.1, 0.15) is 0 Å². The monoisotopic (exact) mass is 370 g/mol. The van der Waals surface area contributed by atoms with Gasteiger partial charge < -0.3 is 9.84 Å². The maximum atomic E-state index is 10.7. The summed E-state index contributed by atoms with van der Waals surface area (Å²) >= 11 is 0. The van der Waals surface area contributed by atoms with E-state index in [1.807, 2.05) is 48.5 Å². The molecule has 2 aromatic heterocycles. The molecular formula is C22H18N4O2. The maximum absolute atomic E-state index is 10.7. The van der Waals surface area contributed by atoms with E-state index in [0.717, 1.165) is 16.7 Å². The number of hydrogen-bond donors (Lipinski definition) is 1. The minimum Gasteiger partial charge on any atom is -0.493 e. The van der Waals surface area contributed by atoms with Gasteiger partial charge in [0.25, 0.3) is 0 Å². The zero-order valence-corrected chi connectivity index (χ0v) is 15.3. The van der Waals surface area contributed by atoms with E-state index >= 15 is 0 Å². The van der Waals surface area contributed by atoms with E-state index in [2.05, 4.69) is 16.2 Å². The summed E-state index contributed by atoms with van der Waals surface area (Å²) in [4.78, 5) is 4.55. The lowest BCUT2D eigenvalue weighted by Crippen LogP contribution is -2.06. The molecule has 0 atom stereocenters. The molecule has 0 aliphatic carbocycles. The van der Waals surface area contributed by atoms with E-state index in [9.17, 15) is 10.4 Å². The summed E-state index contributed by atoms with van der Waals surface area (Å²) in [6, 6.07) is 19.4. The number of fused-ring (bicyclic) bond motifs is 1. The van der Waals surface area contributed by atoms with Gasteiger partial charge in [-0.2, -0.15) is 14.9 Å². The average Bonchev–Trinajstić information content (AvgIpc) is 3.20. The summed E-state index contributed by atoms with van der Waals surface area (Å²) in [5.41, 5.74) is 5.48. The van der Waals surface area contributed by atoms with Crippen LogP contribution in [0.5, 0.6) is 5.88 Å². The lowest BCUT2D eigenvalue weighted by molar-refractivity contribution is 0.180. The van der Waals surface area contributed by atoms with Crippen molar-refractivity contribution in [2.45, 2.75) is 13.0 Å². The molecule has 0 bridgehead atoms. The number of ether oxygens (including phenoxy) is 1. The van der Waals surface area contributed by atoms with Crippen molar-refractivity contribution in [3.63, 3.8) is 0 Å². The minimum absolute atomic E-state index is 0.0703. The molecule has 1 N–H and O–H groups in total. The zero-order chi connectivity index (χ0) is 19.5. The smallest absolute Gasteiger partial charge is 0.219 e. The number of nitriles is 1. The molecular weight excluding hydrogens is 352 g/mol. The van der Waals surface area contributed by atoms with Crippen LogP contribution in [0.3, 0.4) is 0 Å². The molecule has 0 aliphatic heterocycles. The van der Waals surface area contributed by atoms with E-state index in [0.29, 0.717) is 35.5 Å². The number of rotatable bonds is 5. The summed E-state index contributed by atoms with van der Waals surface area (Å²) in [5, 5.41) is 24.1. The van der Waals surface area contributed by atoms with Crippen molar-refractivity contribution in [1.82, 2.24) is 14.6 Å². The van der Waals surface area contributed by atoms with Gasteiger partial charge in [0, 0.05) is 25.2 Å². The lowest BCUT2D eigenvalue weighted by Gasteiger charge is -2.12. The lowest BCUT2D eigenvalue weighted by atomic mass is 9.97. The summed E-state index contributed by atoms with van der Waals surface area (Å²) in [5.74, 6) is 0.0703. The molecule has 0 aliphatic rings. The first-order chi connectivity index (χ1) is 13.7. The van der Waals surface area contributed by atoms with Crippen molar-refractivity contribution in [2.75, 3.05) is 7.11 Å². The Balaban J connectivity index is 1.69. The summed E-state index contributed by atoms with van der Waals surface area (Å²) in [6.45, 7) is 0.304. The van der Waals surface area contributed by atoms with Gasteiger partial charge in [-0.25, -0.2) is 4.98 Å². The molecule has 0 saturated heterocycles.